The van der Waals surface area contributed by atoms with E-state index in [4.69, 9.17) is 0 Å². The van der Waals surface area contributed by atoms with Crippen LogP contribution in [0.4, 0.5) is 11.4 Å². The molecule has 2 N–H and O–H groups in total. The molecule has 0 fully saturated rings. The molecule has 2 amide bonds. The van der Waals surface area contributed by atoms with E-state index in [2.05, 4.69) is 20.8 Å². The highest BCUT2D eigenvalue weighted by Gasteiger charge is 2.12. The van der Waals surface area contributed by atoms with Crippen LogP contribution in [-0.2, 0) is 17.6 Å². The van der Waals surface area contributed by atoms with Crippen LogP contribution in [0.15, 0.2) is 114 Å². The van der Waals surface area contributed by atoms with Crippen LogP contribution in [0.25, 0.3) is 17.5 Å². The lowest BCUT2D eigenvalue weighted by Gasteiger charge is -2.07. The molecular weight excluding hydrogens is 530 g/mol. The molecule has 0 aliphatic heterocycles. The van der Waals surface area contributed by atoms with Gasteiger partial charge in [0.1, 0.15) is 0 Å². The molecule has 4 aromatic carbocycles. The average Bonchev–Trinajstić information content (AvgIpc) is 3.37. The third-order valence-electron chi connectivity index (χ3n) is 6.37. The Hall–Kier alpha value is -4.95. The van der Waals surface area contributed by atoms with Crippen molar-refractivity contribution >= 4 is 41.0 Å². The van der Waals surface area contributed by atoms with Crippen molar-refractivity contribution in [2.24, 2.45) is 7.05 Å². The highest BCUT2D eigenvalue weighted by atomic mass is 32.2. The number of amides is 2. The first-order valence-corrected chi connectivity index (χ1v) is 14.1. The summed E-state index contributed by atoms with van der Waals surface area (Å²) in [5.41, 5.74) is 6.16. The second-order valence-electron chi connectivity index (χ2n) is 9.48. The van der Waals surface area contributed by atoms with E-state index in [1.807, 2.05) is 122 Å². The normalized spacial score (nSPS) is 11.0. The van der Waals surface area contributed by atoms with E-state index in [0.717, 1.165) is 38.9 Å². The number of carbonyl (C=O) groups is 2. The highest BCUT2D eigenvalue weighted by molar-refractivity contribution is 7.98. The van der Waals surface area contributed by atoms with Crippen LogP contribution in [0.5, 0.6) is 0 Å². The van der Waals surface area contributed by atoms with E-state index in [1.54, 1.807) is 17.8 Å². The van der Waals surface area contributed by atoms with Crippen LogP contribution in [0, 0.1) is 6.92 Å². The third-order valence-corrected chi connectivity index (χ3v) is 7.46. The van der Waals surface area contributed by atoms with E-state index >= 15 is 0 Å². The zero-order chi connectivity index (χ0) is 28.6. The van der Waals surface area contributed by atoms with Crippen molar-refractivity contribution in [3.63, 3.8) is 0 Å². The van der Waals surface area contributed by atoms with Gasteiger partial charge in [-0.1, -0.05) is 71.9 Å². The fraction of sp³-hybridized carbons (Fsp3) is 0.0909. The summed E-state index contributed by atoms with van der Waals surface area (Å²) in [7, 11) is 1.93. The number of hydrogen-bond donors (Lipinski definition) is 2. The third kappa shape index (κ3) is 7.38. The van der Waals surface area contributed by atoms with Gasteiger partial charge in [-0.3, -0.25) is 9.59 Å². The van der Waals surface area contributed by atoms with Crippen molar-refractivity contribution in [3.8, 4) is 11.4 Å². The summed E-state index contributed by atoms with van der Waals surface area (Å²) in [4.78, 5) is 24.8. The lowest BCUT2D eigenvalue weighted by atomic mass is 10.1. The molecular formula is C33H29N5O2S. The maximum Gasteiger partial charge on any atom is 0.255 e. The van der Waals surface area contributed by atoms with Crippen molar-refractivity contribution in [2.45, 2.75) is 17.8 Å². The van der Waals surface area contributed by atoms with Gasteiger partial charge in [-0.15, -0.1) is 10.2 Å². The van der Waals surface area contributed by atoms with Crippen LogP contribution in [0.3, 0.4) is 0 Å². The first kappa shape index (κ1) is 27.6. The number of anilines is 2. The Morgan fingerprint density at radius 3 is 2.17 bits per heavy atom. The molecule has 1 heterocycles. The molecule has 5 rings (SSSR count). The van der Waals surface area contributed by atoms with Gasteiger partial charge < -0.3 is 15.2 Å². The molecule has 0 aliphatic rings. The molecule has 0 aliphatic carbocycles. The van der Waals surface area contributed by atoms with E-state index in [-0.39, 0.29) is 11.8 Å². The molecule has 7 nitrogen and oxygen atoms in total. The monoisotopic (exact) mass is 559 g/mol. The minimum atomic E-state index is -0.195. The topological polar surface area (TPSA) is 88.9 Å². The quantitative estimate of drug-likeness (QED) is 0.150. The number of aryl methyl sites for hydroxylation is 1. The highest BCUT2D eigenvalue weighted by Crippen LogP contribution is 2.26. The first-order valence-electron chi connectivity index (χ1n) is 13.1. The summed E-state index contributed by atoms with van der Waals surface area (Å²) in [6.45, 7) is 2.01. The fourth-order valence-electron chi connectivity index (χ4n) is 4.05. The van der Waals surface area contributed by atoms with Gasteiger partial charge in [-0.05, 0) is 72.7 Å². The largest absolute Gasteiger partial charge is 0.323 e. The zero-order valence-corrected chi connectivity index (χ0v) is 23.6. The van der Waals surface area contributed by atoms with E-state index in [1.165, 1.54) is 6.08 Å². The Labute approximate surface area is 243 Å². The molecule has 204 valence electrons. The van der Waals surface area contributed by atoms with Crippen molar-refractivity contribution in [3.05, 3.63) is 131 Å². The van der Waals surface area contributed by atoms with Crippen LogP contribution in [0.2, 0.25) is 0 Å². The number of nitrogens with one attached hydrogen (secondary N) is 2. The lowest BCUT2D eigenvalue weighted by Crippen LogP contribution is -2.11. The molecule has 0 saturated heterocycles. The van der Waals surface area contributed by atoms with Crippen molar-refractivity contribution in [1.82, 2.24) is 14.8 Å². The molecule has 8 heteroatoms. The van der Waals surface area contributed by atoms with Gasteiger partial charge >= 0.3 is 0 Å². The number of hydrogen-bond acceptors (Lipinski definition) is 5. The van der Waals surface area contributed by atoms with Crippen LogP contribution >= 0.6 is 11.8 Å². The summed E-state index contributed by atoms with van der Waals surface area (Å²) in [6.07, 6.45) is 3.30. The molecule has 0 bridgehead atoms. The minimum Gasteiger partial charge on any atom is -0.323 e. The average molecular weight is 560 g/mol. The second-order valence-corrected chi connectivity index (χ2v) is 10.4. The first-order chi connectivity index (χ1) is 19.9. The maximum absolute atomic E-state index is 12.6. The van der Waals surface area contributed by atoms with Crippen molar-refractivity contribution in [2.75, 3.05) is 10.6 Å². The van der Waals surface area contributed by atoms with Gasteiger partial charge in [-0.2, -0.15) is 0 Å². The number of aromatic nitrogens is 3. The van der Waals surface area contributed by atoms with Gasteiger partial charge in [0, 0.05) is 41.4 Å². The van der Waals surface area contributed by atoms with Gasteiger partial charge in [-0.25, -0.2) is 0 Å². The number of thioether (sulfide) groups is 1. The summed E-state index contributed by atoms with van der Waals surface area (Å²) in [6, 6.07) is 32.5. The lowest BCUT2D eigenvalue weighted by molar-refractivity contribution is -0.111. The number of carbonyl (C=O) groups excluding carboxylic acids is 2. The minimum absolute atomic E-state index is 0.139. The SMILES string of the molecule is Cc1ccc(NC(=O)c2ccc(CSc3nnc(-c4ccc(NC(=O)C=Cc5ccccc5)cc4)n3C)cc2)cc1. The number of rotatable bonds is 9. The smallest absolute Gasteiger partial charge is 0.255 e. The predicted octanol–water partition coefficient (Wildman–Crippen LogP) is 6.99. The van der Waals surface area contributed by atoms with Gasteiger partial charge in [0.25, 0.3) is 5.91 Å². The van der Waals surface area contributed by atoms with Crippen LogP contribution < -0.4 is 10.6 Å². The van der Waals surface area contributed by atoms with Gasteiger partial charge in [0.05, 0.1) is 0 Å². The predicted molar refractivity (Wildman–Crippen MR) is 166 cm³/mol. The zero-order valence-electron chi connectivity index (χ0n) is 22.7. The molecule has 0 saturated carbocycles. The molecule has 0 radical (unpaired) electrons. The molecule has 5 aromatic rings. The van der Waals surface area contributed by atoms with Crippen LogP contribution in [0.1, 0.15) is 27.0 Å². The second kappa shape index (κ2) is 12.9. The molecule has 1 aromatic heterocycles. The van der Waals surface area contributed by atoms with Gasteiger partial charge in [0.2, 0.25) is 5.91 Å². The van der Waals surface area contributed by atoms with E-state index in [9.17, 15) is 9.59 Å². The Balaban J connectivity index is 1.15. The summed E-state index contributed by atoms with van der Waals surface area (Å²) < 4.78 is 1.95. The number of nitrogens with zero attached hydrogens (tertiary/aromatic N) is 3. The fourth-order valence-corrected chi connectivity index (χ4v) is 4.92. The summed E-state index contributed by atoms with van der Waals surface area (Å²) in [5, 5.41) is 15.3. The molecule has 0 spiro atoms. The number of benzene rings is 4. The molecule has 0 unspecified atom stereocenters. The van der Waals surface area contributed by atoms with E-state index < -0.39 is 0 Å². The van der Waals surface area contributed by atoms with Crippen molar-refractivity contribution < 1.29 is 9.59 Å². The van der Waals surface area contributed by atoms with Crippen molar-refractivity contribution in [1.29, 1.82) is 0 Å². The Morgan fingerprint density at radius 1 is 0.805 bits per heavy atom. The Bertz CT molecular complexity index is 1660. The maximum atomic E-state index is 12.6. The molecule has 0 atom stereocenters. The molecule has 41 heavy (non-hydrogen) atoms. The van der Waals surface area contributed by atoms with E-state index in [0.29, 0.717) is 17.0 Å². The summed E-state index contributed by atoms with van der Waals surface area (Å²) in [5.74, 6) is 1.09. The van der Waals surface area contributed by atoms with Gasteiger partial charge in [0.15, 0.2) is 11.0 Å². The Morgan fingerprint density at radius 2 is 1.46 bits per heavy atom. The summed E-state index contributed by atoms with van der Waals surface area (Å²) >= 11 is 1.57. The standard InChI is InChI=1S/C33H29N5O2S/c1-23-8-17-29(18-9-23)35-32(40)27-13-10-25(11-14-27)22-41-33-37-36-31(38(33)2)26-15-19-28(20-16-26)34-30(39)21-12-24-6-4-3-5-7-24/h3-21H,22H2,1-2H3,(H,34,39)(H,35,40). The van der Waals surface area contributed by atoms with Crippen LogP contribution in [-0.4, -0.2) is 26.6 Å². The Kier molecular flexibility index (Phi) is 8.71.